The van der Waals surface area contributed by atoms with E-state index in [0.29, 0.717) is 16.8 Å². The Morgan fingerprint density at radius 3 is 2.48 bits per heavy atom. The summed E-state index contributed by atoms with van der Waals surface area (Å²) in [6.07, 6.45) is 2.98. The highest BCUT2D eigenvalue weighted by Gasteiger charge is 2.27. The maximum atomic E-state index is 12.4. The van der Waals surface area contributed by atoms with Crippen LogP contribution in [0.1, 0.15) is 11.8 Å². The average molecular weight is 331 g/mol. The number of nitrogens with zero attached hydrogens (tertiary/aromatic N) is 2. The zero-order valence-corrected chi connectivity index (χ0v) is 12.5. The van der Waals surface area contributed by atoms with Crippen molar-refractivity contribution in [1.82, 2.24) is 0 Å². The molecule has 1 heterocycles. The van der Waals surface area contributed by atoms with E-state index in [1.807, 2.05) is 6.07 Å². The number of carbonyl (C=O) groups excluding carboxylic acids is 1. The number of carboxylic acid groups (broad SMARTS) is 1. The number of nitriles is 1. The van der Waals surface area contributed by atoms with Crippen LogP contribution in [0, 0.1) is 11.3 Å². The number of benzene rings is 1. The van der Waals surface area contributed by atoms with Gasteiger partial charge in [0, 0.05) is 22.9 Å². The summed E-state index contributed by atoms with van der Waals surface area (Å²) in [5, 5.41) is 18.6. The maximum Gasteiger partial charge on any atom is 0.328 e. The number of amides is 1. The second-order valence-corrected chi connectivity index (χ2v) is 4.84. The second kappa shape index (κ2) is 7.29. The highest BCUT2D eigenvalue weighted by atomic mass is 35.5. The summed E-state index contributed by atoms with van der Waals surface area (Å²) in [6, 6.07) is 10.3. The van der Waals surface area contributed by atoms with Crippen molar-refractivity contribution in [3.05, 3.63) is 65.6 Å². The van der Waals surface area contributed by atoms with Gasteiger partial charge in [-0.15, -0.1) is 0 Å². The van der Waals surface area contributed by atoms with Crippen molar-refractivity contribution in [2.75, 3.05) is 4.90 Å². The van der Waals surface area contributed by atoms with Gasteiger partial charge in [0.2, 0.25) is 0 Å². The monoisotopic (exact) mass is 330 g/mol. The lowest BCUT2D eigenvalue weighted by Gasteiger charge is -2.25. The Morgan fingerprint density at radius 1 is 1.26 bits per heavy atom. The molecule has 0 radical (unpaired) electrons. The number of hydrogen-bond acceptors (Lipinski definition) is 4. The van der Waals surface area contributed by atoms with Gasteiger partial charge in [-0.1, -0.05) is 11.6 Å². The number of hydrogen-bond donors (Lipinski definition) is 1. The van der Waals surface area contributed by atoms with E-state index < -0.39 is 17.9 Å². The number of carboxylic acids is 1. The zero-order chi connectivity index (χ0) is 16.8. The summed E-state index contributed by atoms with van der Waals surface area (Å²) < 4.78 is 5.21. The van der Waals surface area contributed by atoms with E-state index in [9.17, 15) is 14.9 Å². The number of anilines is 1. The minimum atomic E-state index is -1.26. The molecule has 0 spiro atoms. The van der Waals surface area contributed by atoms with Gasteiger partial charge in [-0.3, -0.25) is 9.69 Å². The molecule has 116 valence electrons. The van der Waals surface area contributed by atoms with Crippen molar-refractivity contribution in [3.63, 3.8) is 0 Å². The first-order chi connectivity index (χ1) is 11.0. The fraction of sp³-hybridized carbons (Fsp3) is 0.0625. The molecule has 0 saturated carbocycles. The molecule has 6 nitrogen and oxygen atoms in total. The molecule has 23 heavy (non-hydrogen) atoms. The Kier molecular flexibility index (Phi) is 5.18. The molecular weight excluding hydrogens is 320 g/mol. The van der Waals surface area contributed by atoms with Gasteiger partial charge in [-0.25, -0.2) is 4.79 Å². The van der Waals surface area contributed by atoms with Gasteiger partial charge in [0.1, 0.15) is 5.76 Å². The van der Waals surface area contributed by atoms with Crippen LogP contribution in [0.4, 0.5) is 5.69 Å². The molecule has 2 aromatic rings. The summed E-state index contributed by atoms with van der Waals surface area (Å²) in [7, 11) is 0. The highest BCUT2D eigenvalue weighted by Crippen LogP contribution is 2.28. The largest absolute Gasteiger partial charge is 0.478 e. The van der Waals surface area contributed by atoms with E-state index in [2.05, 4.69) is 0 Å². The third-order valence-electron chi connectivity index (χ3n) is 2.90. The van der Waals surface area contributed by atoms with Crippen LogP contribution < -0.4 is 4.90 Å². The van der Waals surface area contributed by atoms with Crippen LogP contribution in [0.3, 0.4) is 0 Å². The molecule has 1 amide bonds. The smallest absolute Gasteiger partial charge is 0.328 e. The van der Waals surface area contributed by atoms with Crippen LogP contribution in [-0.2, 0) is 9.59 Å². The molecule has 7 heteroatoms. The molecule has 1 atom stereocenters. The first-order valence-corrected chi connectivity index (χ1v) is 6.83. The molecular formula is C16H11ClN2O4. The Bertz CT molecular complexity index is 760. The van der Waals surface area contributed by atoms with E-state index in [4.69, 9.17) is 21.1 Å². The molecule has 1 aromatic carbocycles. The third-order valence-corrected chi connectivity index (χ3v) is 3.16. The molecule has 0 bridgehead atoms. The van der Waals surface area contributed by atoms with Crippen molar-refractivity contribution in [3.8, 4) is 6.07 Å². The van der Waals surface area contributed by atoms with E-state index in [1.165, 1.54) is 6.26 Å². The van der Waals surface area contributed by atoms with Gasteiger partial charge in [0.15, 0.2) is 6.04 Å². The van der Waals surface area contributed by atoms with E-state index in [0.717, 1.165) is 11.0 Å². The van der Waals surface area contributed by atoms with Gasteiger partial charge >= 0.3 is 5.97 Å². The van der Waals surface area contributed by atoms with Crippen LogP contribution in [0.2, 0.25) is 5.02 Å². The zero-order valence-electron chi connectivity index (χ0n) is 11.7. The van der Waals surface area contributed by atoms with Gasteiger partial charge in [-0.05, 0) is 36.4 Å². The molecule has 0 aliphatic carbocycles. The molecule has 1 N–H and O–H groups in total. The Morgan fingerprint density at radius 2 is 1.96 bits per heavy atom. The Hall–Kier alpha value is -3.04. The molecule has 0 aliphatic heterocycles. The number of rotatable bonds is 5. The standard InChI is InChI=1S/C16H11ClN2O4/c17-11-3-5-12(6-4-11)19(15(20)7-8-16(21)22)13(10-18)14-2-1-9-23-14/h1-9,13H,(H,21,22)/b8-7+. The fourth-order valence-electron chi connectivity index (χ4n) is 1.92. The van der Waals surface area contributed by atoms with Crippen molar-refractivity contribution in [2.24, 2.45) is 0 Å². The Labute approximate surface area is 136 Å². The summed E-state index contributed by atoms with van der Waals surface area (Å²) in [5.41, 5.74) is 0.386. The van der Waals surface area contributed by atoms with Crippen molar-refractivity contribution < 1.29 is 19.1 Å². The van der Waals surface area contributed by atoms with Crippen LogP contribution in [0.15, 0.2) is 59.2 Å². The van der Waals surface area contributed by atoms with Gasteiger partial charge in [0.05, 0.1) is 12.3 Å². The third kappa shape index (κ3) is 3.99. The first kappa shape index (κ1) is 16.3. The molecule has 2 rings (SSSR count). The van der Waals surface area contributed by atoms with Gasteiger partial charge < -0.3 is 9.52 Å². The lowest BCUT2D eigenvalue weighted by molar-refractivity contribution is -0.131. The molecule has 0 aliphatic rings. The second-order valence-electron chi connectivity index (χ2n) is 4.40. The normalized spacial score (nSPS) is 11.8. The topological polar surface area (TPSA) is 94.5 Å². The summed E-state index contributed by atoms with van der Waals surface area (Å²) in [5.74, 6) is -1.67. The molecule has 1 unspecified atom stereocenters. The predicted octanol–water partition coefficient (Wildman–Crippen LogP) is 3.17. The summed E-state index contributed by atoms with van der Waals surface area (Å²) in [4.78, 5) is 24.1. The van der Waals surface area contributed by atoms with Gasteiger partial charge in [0.25, 0.3) is 5.91 Å². The van der Waals surface area contributed by atoms with Crippen molar-refractivity contribution in [2.45, 2.75) is 6.04 Å². The summed E-state index contributed by atoms with van der Waals surface area (Å²) >= 11 is 5.83. The SMILES string of the molecule is N#CC(c1ccco1)N(C(=O)/C=C/C(=O)O)c1ccc(Cl)cc1. The number of furan rings is 1. The lowest BCUT2D eigenvalue weighted by atomic mass is 10.1. The number of halogens is 1. The maximum absolute atomic E-state index is 12.4. The van der Waals surface area contributed by atoms with Crippen LogP contribution in [-0.4, -0.2) is 17.0 Å². The highest BCUT2D eigenvalue weighted by molar-refractivity contribution is 6.30. The predicted molar refractivity (Wildman–Crippen MR) is 82.8 cm³/mol. The molecule has 0 saturated heterocycles. The van der Waals surface area contributed by atoms with E-state index in [1.54, 1.807) is 36.4 Å². The van der Waals surface area contributed by atoms with Crippen LogP contribution >= 0.6 is 11.6 Å². The fourth-order valence-corrected chi connectivity index (χ4v) is 2.05. The number of aliphatic carboxylic acids is 1. The molecule has 0 fully saturated rings. The summed E-state index contributed by atoms with van der Waals surface area (Å²) in [6.45, 7) is 0. The minimum Gasteiger partial charge on any atom is -0.478 e. The van der Waals surface area contributed by atoms with Crippen molar-refractivity contribution in [1.29, 1.82) is 5.26 Å². The number of carbonyl (C=O) groups is 2. The van der Waals surface area contributed by atoms with E-state index in [-0.39, 0.29) is 5.76 Å². The average Bonchev–Trinajstić information content (AvgIpc) is 3.05. The van der Waals surface area contributed by atoms with Crippen LogP contribution in [0.5, 0.6) is 0 Å². The van der Waals surface area contributed by atoms with E-state index >= 15 is 0 Å². The first-order valence-electron chi connectivity index (χ1n) is 6.45. The minimum absolute atomic E-state index is 0.263. The lowest BCUT2D eigenvalue weighted by Crippen LogP contribution is -2.33. The van der Waals surface area contributed by atoms with Gasteiger partial charge in [-0.2, -0.15) is 5.26 Å². The Balaban J connectivity index is 2.46. The molecule has 1 aromatic heterocycles. The van der Waals surface area contributed by atoms with Crippen molar-refractivity contribution >= 4 is 29.2 Å². The van der Waals surface area contributed by atoms with Crippen LogP contribution in [0.25, 0.3) is 0 Å². The quantitative estimate of drug-likeness (QED) is 0.850.